The molecule has 2 heterocycles. The van der Waals surface area contributed by atoms with Crippen LogP contribution in [0.5, 0.6) is 0 Å². The first-order valence-corrected chi connectivity index (χ1v) is 8.34. The molecule has 1 aromatic carbocycles. The highest BCUT2D eigenvalue weighted by molar-refractivity contribution is 6.31. The molecule has 1 amide bonds. The highest BCUT2D eigenvalue weighted by Gasteiger charge is 2.26. The topological polar surface area (TPSA) is 59.8 Å². The molecular weight excluding hydrogens is 324 g/mol. The van der Waals surface area contributed by atoms with Gasteiger partial charge in [-0.15, -0.1) is 0 Å². The van der Waals surface area contributed by atoms with Crippen LogP contribution in [0, 0.1) is 6.92 Å². The van der Waals surface area contributed by atoms with Crippen LogP contribution >= 0.6 is 11.6 Å². The van der Waals surface area contributed by atoms with Gasteiger partial charge in [-0.25, -0.2) is 4.98 Å². The Hall–Kier alpha value is -2.40. The van der Waals surface area contributed by atoms with E-state index >= 15 is 0 Å². The number of fused-ring (bicyclic) bond motifs is 2. The Kier molecular flexibility index (Phi) is 3.53. The van der Waals surface area contributed by atoms with Crippen LogP contribution in [-0.4, -0.2) is 20.7 Å². The molecule has 0 radical (unpaired) electrons. The summed E-state index contributed by atoms with van der Waals surface area (Å²) in [5.41, 5.74) is 5.05. The summed E-state index contributed by atoms with van der Waals surface area (Å²) in [4.78, 5) is 17.8. The van der Waals surface area contributed by atoms with Gasteiger partial charge < -0.3 is 5.32 Å². The molecule has 0 aliphatic heterocycles. The van der Waals surface area contributed by atoms with Crippen LogP contribution in [0.4, 0.5) is 5.69 Å². The van der Waals surface area contributed by atoms with Gasteiger partial charge in [0.2, 0.25) is 0 Å². The highest BCUT2D eigenvalue weighted by atomic mass is 35.5. The first-order valence-electron chi connectivity index (χ1n) is 7.96. The van der Waals surface area contributed by atoms with Gasteiger partial charge in [-0.3, -0.25) is 9.48 Å². The normalized spacial score (nSPS) is 13.3. The summed E-state index contributed by atoms with van der Waals surface area (Å²) >= 11 is 6.02. The summed E-state index contributed by atoms with van der Waals surface area (Å²) in [6, 6.07) is 7.18. The van der Waals surface area contributed by atoms with Crippen molar-refractivity contribution in [2.45, 2.75) is 26.2 Å². The lowest BCUT2D eigenvalue weighted by atomic mass is 10.0. The Bertz CT molecular complexity index is 977. The molecule has 1 N–H and O–H groups in total. The monoisotopic (exact) mass is 340 g/mol. The van der Waals surface area contributed by atoms with E-state index in [1.54, 1.807) is 16.8 Å². The Balaban J connectivity index is 1.87. The Morgan fingerprint density at radius 1 is 1.33 bits per heavy atom. The first-order chi connectivity index (χ1) is 11.5. The van der Waals surface area contributed by atoms with Gasteiger partial charge in [0.05, 0.1) is 16.6 Å². The average Bonchev–Trinajstić information content (AvgIpc) is 3.10. The van der Waals surface area contributed by atoms with E-state index in [1.807, 2.05) is 26.1 Å². The lowest BCUT2D eigenvalue weighted by molar-refractivity contribution is 0.102. The van der Waals surface area contributed by atoms with Crippen molar-refractivity contribution in [2.24, 2.45) is 7.05 Å². The van der Waals surface area contributed by atoms with E-state index in [4.69, 9.17) is 16.6 Å². The van der Waals surface area contributed by atoms with Crippen LogP contribution in [0.25, 0.3) is 11.0 Å². The molecule has 0 bridgehead atoms. The molecule has 4 rings (SSSR count). The maximum atomic E-state index is 13.0. The van der Waals surface area contributed by atoms with Crippen molar-refractivity contribution < 1.29 is 4.79 Å². The minimum atomic E-state index is -0.126. The molecule has 2 aromatic heterocycles. The smallest absolute Gasteiger partial charge is 0.256 e. The maximum Gasteiger partial charge on any atom is 0.256 e. The van der Waals surface area contributed by atoms with Gasteiger partial charge in [0, 0.05) is 23.5 Å². The second-order valence-electron chi connectivity index (χ2n) is 6.14. The van der Waals surface area contributed by atoms with Gasteiger partial charge in [-0.05, 0) is 49.9 Å². The number of rotatable bonds is 2. The lowest BCUT2D eigenvalue weighted by Crippen LogP contribution is -2.16. The molecule has 0 saturated heterocycles. The summed E-state index contributed by atoms with van der Waals surface area (Å²) in [6.07, 6.45) is 2.82. The Morgan fingerprint density at radius 3 is 2.96 bits per heavy atom. The van der Waals surface area contributed by atoms with Gasteiger partial charge in [-0.2, -0.15) is 5.10 Å². The van der Waals surface area contributed by atoms with Crippen molar-refractivity contribution in [3.8, 4) is 0 Å². The van der Waals surface area contributed by atoms with Crippen molar-refractivity contribution in [1.82, 2.24) is 14.8 Å². The van der Waals surface area contributed by atoms with E-state index in [-0.39, 0.29) is 5.91 Å². The Labute approximate surface area is 144 Å². The fourth-order valence-corrected chi connectivity index (χ4v) is 3.67. The molecule has 5 nitrogen and oxygen atoms in total. The van der Waals surface area contributed by atoms with Crippen LogP contribution in [0.3, 0.4) is 0 Å². The lowest BCUT2D eigenvalue weighted by Gasteiger charge is -2.11. The van der Waals surface area contributed by atoms with E-state index in [2.05, 4.69) is 10.4 Å². The number of pyridine rings is 1. The molecule has 1 aliphatic rings. The van der Waals surface area contributed by atoms with Gasteiger partial charge in [-0.1, -0.05) is 17.7 Å². The Morgan fingerprint density at radius 2 is 2.17 bits per heavy atom. The standard InChI is InChI=1S/C18H17ClN4O/c1-10-15-16(18(24)20-12-6-3-5-11(19)9-12)13-7-4-8-14(13)21-17(15)23(2)22-10/h3,5-6,9H,4,7-8H2,1-2H3,(H,20,24). The molecule has 0 unspecified atom stereocenters. The fraction of sp³-hybridized carbons (Fsp3) is 0.278. The van der Waals surface area contributed by atoms with Crippen molar-refractivity contribution in [1.29, 1.82) is 0 Å². The number of amides is 1. The third kappa shape index (κ3) is 2.36. The molecule has 24 heavy (non-hydrogen) atoms. The fourth-order valence-electron chi connectivity index (χ4n) is 3.48. The average molecular weight is 341 g/mol. The van der Waals surface area contributed by atoms with Gasteiger partial charge in [0.1, 0.15) is 0 Å². The van der Waals surface area contributed by atoms with Crippen molar-refractivity contribution in [3.05, 3.63) is 51.8 Å². The number of hydrogen-bond acceptors (Lipinski definition) is 3. The molecule has 0 spiro atoms. The number of hydrogen-bond donors (Lipinski definition) is 1. The van der Waals surface area contributed by atoms with Crippen molar-refractivity contribution in [2.75, 3.05) is 5.32 Å². The zero-order valence-corrected chi connectivity index (χ0v) is 14.3. The molecule has 0 fully saturated rings. The molecule has 3 aromatic rings. The number of benzene rings is 1. The summed E-state index contributed by atoms with van der Waals surface area (Å²) in [5.74, 6) is -0.126. The predicted octanol–water partition coefficient (Wildman–Crippen LogP) is 3.67. The molecular formula is C18H17ClN4O. The van der Waals surface area contributed by atoms with Crippen LogP contribution in [0.15, 0.2) is 24.3 Å². The number of aromatic nitrogens is 3. The quantitative estimate of drug-likeness (QED) is 0.774. The molecule has 1 aliphatic carbocycles. The SMILES string of the molecule is Cc1nn(C)c2nc3c(c(C(=O)Nc4cccc(Cl)c4)c12)CCC3. The number of aryl methyl sites for hydroxylation is 3. The first kappa shape index (κ1) is 15.1. The van der Waals surface area contributed by atoms with Gasteiger partial charge >= 0.3 is 0 Å². The van der Waals surface area contributed by atoms with E-state index in [1.165, 1.54) is 0 Å². The second kappa shape index (κ2) is 5.60. The van der Waals surface area contributed by atoms with E-state index in [0.717, 1.165) is 47.2 Å². The molecule has 0 saturated carbocycles. The van der Waals surface area contributed by atoms with Gasteiger partial charge in [0.25, 0.3) is 5.91 Å². The number of nitrogens with zero attached hydrogens (tertiary/aromatic N) is 3. The molecule has 122 valence electrons. The minimum absolute atomic E-state index is 0.126. The molecule has 0 atom stereocenters. The van der Waals surface area contributed by atoms with Crippen LogP contribution in [-0.2, 0) is 19.9 Å². The summed E-state index contributed by atoms with van der Waals surface area (Å²) in [7, 11) is 1.86. The van der Waals surface area contributed by atoms with E-state index in [0.29, 0.717) is 16.3 Å². The van der Waals surface area contributed by atoms with Crippen molar-refractivity contribution in [3.63, 3.8) is 0 Å². The van der Waals surface area contributed by atoms with E-state index < -0.39 is 0 Å². The number of nitrogens with one attached hydrogen (secondary N) is 1. The van der Waals surface area contributed by atoms with Gasteiger partial charge in [0.15, 0.2) is 5.65 Å². The predicted molar refractivity (Wildman–Crippen MR) is 94.7 cm³/mol. The van der Waals surface area contributed by atoms with Crippen LogP contribution < -0.4 is 5.32 Å². The summed E-state index contributed by atoms with van der Waals surface area (Å²) in [5, 5.41) is 8.86. The van der Waals surface area contributed by atoms with Crippen LogP contribution in [0.1, 0.15) is 33.7 Å². The maximum absolute atomic E-state index is 13.0. The van der Waals surface area contributed by atoms with Crippen LogP contribution in [0.2, 0.25) is 5.02 Å². The highest BCUT2D eigenvalue weighted by Crippen LogP contribution is 2.32. The third-order valence-electron chi connectivity index (χ3n) is 4.48. The number of anilines is 1. The van der Waals surface area contributed by atoms with E-state index in [9.17, 15) is 4.79 Å². The third-order valence-corrected chi connectivity index (χ3v) is 4.72. The summed E-state index contributed by atoms with van der Waals surface area (Å²) in [6.45, 7) is 1.92. The zero-order chi connectivity index (χ0) is 16.8. The number of halogens is 1. The van der Waals surface area contributed by atoms with Crippen molar-refractivity contribution >= 4 is 34.2 Å². The largest absolute Gasteiger partial charge is 0.322 e. The summed E-state index contributed by atoms with van der Waals surface area (Å²) < 4.78 is 1.75. The number of carbonyl (C=O) groups is 1. The minimum Gasteiger partial charge on any atom is -0.322 e. The second-order valence-corrected chi connectivity index (χ2v) is 6.57. The molecule has 6 heteroatoms. The zero-order valence-electron chi connectivity index (χ0n) is 13.6. The number of carbonyl (C=O) groups excluding carboxylic acids is 1.